The molecule has 0 bridgehead atoms. The number of primary amides is 1. The van der Waals surface area contributed by atoms with E-state index in [0.29, 0.717) is 6.61 Å². The van der Waals surface area contributed by atoms with E-state index in [9.17, 15) is 4.79 Å². The van der Waals surface area contributed by atoms with Crippen LogP contribution < -0.4 is 5.73 Å². The molecule has 0 radical (unpaired) electrons. The summed E-state index contributed by atoms with van der Waals surface area (Å²) in [6.45, 7) is 3.27. The number of hydrogen-bond donors (Lipinski definition) is 1. The molecular weight excluding hydrogens is 618 g/mol. The van der Waals surface area contributed by atoms with E-state index in [4.69, 9.17) is 19.9 Å². The Morgan fingerprint density at radius 2 is 0.860 bits per heavy atom. The van der Waals surface area contributed by atoms with Gasteiger partial charge in [-0.1, -0.05) is 220 Å². The van der Waals surface area contributed by atoms with Gasteiger partial charge in [0.1, 0.15) is 5.60 Å². The Labute approximate surface area is 304 Å². The molecule has 0 aliphatic heterocycles. The van der Waals surface area contributed by atoms with Crippen molar-refractivity contribution in [2.75, 3.05) is 19.8 Å². The third-order valence-electron chi connectivity index (χ3n) is 9.76. The number of unbranched alkanes of at least 4 members (excludes halogenated alkanes) is 19. The molecule has 0 fully saturated rings. The fourth-order valence-corrected chi connectivity index (χ4v) is 6.94. The molecule has 3 aromatic carbocycles. The van der Waals surface area contributed by atoms with Gasteiger partial charge < -0.3 is 19.9 Å². The van der Waals surface area contributed by atoms with E-state index in [-0.39, 0.29) is 13.2 Å². The van der Waals surface area contributed by atoms with Crippen molar-refractivity contribution in [3.8, 4) is 0 Å². The number of ether oxygens (including phenoxy) is 3. The zero-order chi connectivity index (χ0) is 35.4. The monoisotopic (exact) mass is 686 g/mol. The van der Waals surface area contributed by atoms with Gasteiger partial charge in [0.15, 0.2) is 6.10 Å². The molecule has 50 heavy (non-hydrogen) atoms. The lowest BCUT2D eigenvalue weighted by atomic mass is 9.80. The summed E-state index contributed by atoms with van der Waals surface area (Å²) in [5.74, 6) is 0. The van der Waals surface area contributed by atoms with Gasteiger partial charge in [0.2, 0.25) is 0 Å². The van der Waals surface area contributed by atoms with Crippen molar-refractivity contribution < 1.29 is 19.0 Å². The highest BCUT2D eigenvalue weighted by molar-refractivity contribution is 5.64. The Hall–Kier alpha value is -3.15. The summed E-state index contributed by atoms with van der Waals surface area (Å²) >= 11 is 0. The van der Waals surface area contributed by atoms with Gasteiger partial charge in [-0.15, -0.1) is 0 Å². The van der Waals surface area contributed by atoms with Crippen LogP contribution in [0.4, 0.5) is 4.79 Å². The Morgan fingerprint density at radius 3 is 1.20 bits per heavy atom. The molecule has 0 spiro atoms. The first-order chi connectivity index (χ1) is 24.7. The summed E-state index contributed by atoms with van der Waals surface area (Å²) in [6, 6.07) is 30.5. The molecule has 5 heteroatoms. The molecule has 0 heterocycles. The smallest absolute Gasteiger partial charge is 0.404 e. The first-order valence-electron chi connectivity index (χ1n) is 20.0. The Kier molecular flexibility index (Phi) is 22.0. The second kappa shape index (κ2) is 26.6. The number of carbonyl (C=O) groups excluding carboxylic acids is 1. The van der Waals surface area contributed by atoms with Gasteiger partial charge in [0.05, 0.1) is 13.2 Å². The van der Waals surface area contributed by atoms with Crippen LogP contribution in [0.1, 0.15) is 152 Å². The minimum atomic E-state index is -0.907. The van der Waals surface area contributed by atoms with Crippen LogP contribution in [0.5, 0.6) is 0 Å². The van der Waals surface area contributed by atoms with Crippen LogP contribution in [0.2, 0.25) is 0 Å². The van der Waals surface area contributed by atoms with Crippen molar-refractivity contribution in [3.05, 3.63) is 108 Å². The van der Waals surface area contributed by atoms with E-state index in [2.05, 4.69) is 43.3 Å². The van der Waals surface area contributed by atoms with Crippen LogP contribution in [-0.2, 0) is 19.8 Å². The third-order valence-corrected chi connectivity index (χ3v) is 9.76. The number of hydrogen-bond acceptors (Lipinski definition) is 4. The van der Waals surface area contributed by atoms with Gasteiger partial charge in [-0.2, -0.15) is 0 Å². The Balaban J connectivity index is 1.30. The zero-order valence-corrected chi connectivity index (χ0v) is 31.2. The first-order valence-corrected chi connectivity index (χ1v) is 20.0. The van der Waals surface area contributed by atoms with Crippen LogP contribution in [-0.4, -0.2) is 32.0 Å². The average molecular weight is 686 g/mol. The molecule has 1 atom stereocenters. The average Bonchev–Trinajstić information content (AvgIpc) is 3.15. The fourth-order valence-electron chi connectivity index (χ4n) is 6.94. The van der Waals surface area contributed by atoms with Crippen molar-refractivity contribution in [3.63, 3.8) is 0 Å². The number of carbonyl (C=O) groups is 1. The number of rotatable bonds is 30. The molecule has 0 unspecified atom stereocenters. The predicted octanol–water partition coefficient (Wildman–Crippen LogP) is 12.3. The fraction of sp³-hybridized carbons (Fsp3) is 0.578. The quantitative estimate of drug-likeness (QED) is 0.0560. The second-order valence-electron chi connectivity index (χ2n) is 13.9. The lowest BCUT2D eigenvalue weighted by Crippen LogP contribution is -2.39. The number of nitrogens with two attached hydrogens (primary N) is 1. The Morgan fingerprint density at radius 1 is 0.520 bits per heavy atom. The lowest BCUT2D eigenvalue weighted by Gasteiger charge is -2.37. The molecule has 2 N–H and O–H groups in total. The summed E-state index contributed by atoms with van der Waals surface area (Å²) in [5.41, 5.74) is 7.53. The van der Waals surface area contributed by atoms with Crippen molar-refractivity contribution >= 4 is 6.09 Å². The van der Waals surface area contributed by atoms with E-state index in [1.807, 2.05) is 54.6 Å². The third kappa shape index (κ3) is 16.2. The SMILES string of the molecule is CCCCCCCCCCCCCCCCCCCCCCOC[C@H](COC(c1ccccc1)(c1ccccc1)c1ccccc1)OC(N)=O. The molecule has 0 saturated heterocycles. The molecule has 3 aromatic rings. The summed E-state index contributed by atoms with van der Waals surface area (Å²) in [7, 11) is 0. The molecule has 3 rings (SSSR count). The first kappa shape index (κ1) is 41.3. The van der Waals surface area contributed by atoms with Crippen LogP contribution in [0.15, 0.2) is 91.0 Å². The molecule has 0 aliphatic carbocycles. The molecule has 276 valence electrons. The maximum Gasteiger partial charge on any atom is 0.404 e. The van der Waals surface area contributed by atoms with Crippen molar-refractivity contribution in [1.82, 2.24) is 0 Å². The second-order valence-corrected chi connectivity index (χ2v) is 13.9. The van der Waals surface area contributed by atoms with Crippen molar-refractivity contribution in [1.29, 1.82) is 0 Å². The molecule has 0 saturated carbocycles. The van der Waals surface area contributed by atoms with E-state index < -0.39 is 17.8 Å². The van der Waals surface area contributed by atoms with Gasteiger partial charge in [0, 0.05) is 6.61 Å². The Bertz CT molecular complexity index is 1120. The predicted molar refractivity (Wildman–Crippen MR) is 208 cm³/mol. The largest absolute Gasteiger partial charge is 0.441 e. The van der Waals surface area contributed by atoms with E-state index in [0.717, 1.165) is 29.5 Å². The van der Waals surface area contributed by atoms with Gasteiger partial charge in [-0.3, -0.25) is 0 Å². The maximum absolute atomic E-state index is 11.9. The molecule has 0 aromatic heterocycles. The minimum Gasteiger partial charge on any atom is -0.441 e. The summed E-state index contributed by atoms with van der Waals surface area (Å²) in [5, 5.41) is 0. The van der Waals surface area contributed by atoms with Crippen LogP contribution in [0.25, 0.3) is 0 Å². The standard InChI is InChI=1S/C45H67NO4/c1-2-3-4-5-6-7-8-9-10-11-12-13-14-15-16-17-18-19-20-30-37-48-38-43(50-44(46)47)39-49-45(40-31-24-21-25-32-40,41-33-26-22-27-34-41)42-35-28-23-29-36-42/h21-29,31-36,43H,2-20,30,37-39H2,1H3,(H2,46,47)/t43-/m1/s1. The van der Waals surface area contributed by atoms with Gasteiger partial charge in [0.25, 0.3) is 0 Å². The lowest BCUT2D eigenvalue weighted by molar-refractivity contribution is -0.0669. The molecule has 0 aliphatic rings. The minimum absolute atomic E-state index is 0.126. The normalized spacial score (nSPS) is 12.2. The highest BCUT2D eigenvalue weighted by atomic mass is 16.6. The van der Waals surface area contributed by atoms with Gasteiger partial charge in [-0.25, -0.2) is 4.79 Å². The van der Waals surface area contributed by atoms with E-state index in [1.54, 1.807) is 0 Å². The molecular formula is C45H67NO4. The van der Waals surface area contributed by atoms with E-state index in [1.165, 1.54) is 116 Å². The van der Waals surface area contributed by atoms with Gasteiger partial charge in [-0.05, 0) is 23.1 Å². The van der Waals surface area contributed by atoms with Crippen LogP contribution >= 0.6 is 0 Å². The highest BCUT2D eigenvalue weighted by Gasteiger charge is 2.38. The summed E-state index contributed by atoms with van der Waals surface area (Å²) < 4.78 is 18.3. The molecule has 5 nitrogen and oxygen atoms in total. The highest BCUT2D eigenvalue weighted by Crippen LogP contribution is 2.40. The maximum atomic E-state index is 11.9. The van der Waals surface area contributed by atoms with Crippen molar-refractivity contribution in [2.45, 2.75) is 147 Å². The van der Waals surface area contributed by atoms with Gasteiger partial charge >= 0.3 is 6.09 Å². The molecule has 1 amide bonds. The summed E-state index contributed by atoms with van der Waals surface area (Å²) in [4.78, 5) is 11.9. The van der Waals surface area contributed by atoms with E-state index >= 15 is 0 Å². The summed E-state index contributed by atoms with van der Waals surface area (Å²) in [6.07, 6.45) is 25.8. The topological polar surface area (TPSA) is 70.8 Å². The van der Waals surface area contributed by atoms with Crippen LogP contribution in [0.3, 0.4) is 0 Å². The number of amides is 1. The van der Waals surface area contributed by atoms with Crippen molar-refractivity contribution in [2.24, 2.45) is 5.73 Å². The zero-order valence-electron chi connectivity index (χ0n) is 31.2. The van der Waals surface area contributed by atoms with Crippen LogP contribution in [0, 0.1) is 0 Å². The number of benzene rings is 3.